The van der Waals surface area contributed by atoms with E-state index in [4.69, 9.17) is 4.42 Å². The smallest absolute Gasteiger partial charge is 0.324 e. The minimum absolute atomic E-state index is 0.0195. The Hall–Kier alpha value is -4.18. The van der Waals surface area contributed by atoms with Gasteiger partial charge in [-0.2, -0.15) is 0 Å². The molecule has 5 heterocycles. The molecule has 0 unspecified atom stereocenters. The molecule has 6 amide bonds. The van der Waals surface area contributed by atoms with Gasteiger partial charge in [0.1, 0.15) is 39.2 Å². The highest BCUT2D eigenvalue weighted by Crippen LogP contribution is 2.30. The summed E-state index contributed by atoms with van der Waals surface area (Å²) in [6.07, 6.45) is 0.744. The number of carbonyl (C=O) groups is 5. The van der Waals surface area contributed by atoms with Crippen LogP contribution >= 0.6 is 22.7 Å². The third-order valence-corrected chi connectivity index (χ3v) is 9.29. The fourth-order valence-electron chi connectivity index (χ4n) is 4.66. The van der Waals surface area contributed by atoms with Crippen LogP contribution in [0.1, 0.15) is 105 Å². The summed E-state index contributed by atoms with van der Waals surface area (Å²) in [7, 11) is 1.49. The van der Waals surface area contributed by atoms with Gasteiger partial charge in [0.25, 0.3) is 23.6 Å². The van der Waals surface area contributed by atoms with Crippen molar-refractivity contribution in [3.8, 4) is 0 Å². The molecule has 0 spiro atoms. The number of carbonyl (C=O) groups excluding carboxylic acids is 5. The number of nitrogens with one attached hydrogen (secondary N) is 4. The summed E-state index contributed by atoms with van der Waals surface area (Å²) in [5.74, 6) is -1.59. The number of amides is 6. The van der Waals surface area contributed by atoms with Crippen molar-refractivity contribution >= 4 is 52.3 Å². The lowest BCUT2D eigenvalue weighted by molar-refractivity contribution is -0.121. The number of nitrogens with zero attached hydrogens (tertiary/aromatic N) is 4. The van der Waals surface area contributed by atoms with E-state index in [9.17, 15) is 24.0 Å². The Kier molecular flexibility index (Phi) is 8.10. The van der Waals surface area contributed by atoms with Crippen molar-refractivity contribution in [3.63, 3.8) is 0 Å². The van der Waals surface area contributed by atoms with Gasteiger partial charge in [0.2, 0.25) is 5.89 Å². The molecule has 4 N–H and O–H groups in total. The van der Waals surface area contributed by atoms with E-state index in [-0.39, 0.29) is 35.3 Å². The van der Waals surface area contributed by atoms with Crippen molar-refractivity contribution in [1.82, 2.24) is 41.1 Å². The first-order valence-corrected chi connectivity index (χ1v) is 15.1. The maximum Gasteiger partial charge on any atom is 0.324 e. The predicted octanol–water partition coefficient (Wildman–Crippen LogP) is 2.63. The largest absolute Gasteiger partial charge is 0.443 e. The van der Waals surface area contributed by atoms with Crippen LogP contribution in [-0.4, -0.2) is 62.6 Å². The van der Waals surface area contributed by atoms with Gasteiger partial charge in [-0.15, -0.1) is 22.7 Å². The predicted molar refractivity (Wildman–Crippen MR) is 151 cm³/mol. The van der Waals surface area contributed by atoms with Crippen LogP contribution in [0.5, 0.6) is 0 Å². The van der Waals surface area contributed by atoms with E-state index in [1.54, 1.807) is 19.2 Å². The fourth-order valence-corrected chi connectivity index (χ4v) is 6.50. The Balaban J connectivity index is 1.55. The van der Waals surface area contributed by atoms with E-state index in [1.165, 1.54) is 28.7 Å². The summed E-state index contributed by atoms with van der Waals surface area (Å²) >= 11 is 2.37. The Morgan fingerprint density at radius 1 is 0.952 bits per heavy atom. The zero-order valence-corrected chi connectivity index (χ0v) is 25.1. The van der Waals surface area contributed by atoms with Gasteiger partial charge < -0.3 is 25.3 Å². The maximum atomic E-state index is 13.4. The third kappa shape index (κ3) is 5.63. The highest BCUT2D eigenvalue weighted by atomic mass is 32.1. The number of hydrogen-bond donors (Lipinski definition) is 4. The van der Waals surface area contributed by atoms with Gasteiger partial charge in [-0.05, 0) is 19.8 Å². The van der Waals surface area contributed by atoms with Crippen LogP contribution in [0, 0.1) is 12.8 Å². The first-order chi connectivity index (χ1) is 20.0. The lowest BCUT2D eigenvalue weighted by atomic mass is 9.99. The third-order valence-electron chi connectivity index (χ3n) is 7.40. The van der Waals surface area contributed by atoms with E-state index in [0.29, 0.717) is 15.8 Å². The van der Waals surface area contributed by atoms with E-state index in [0.717, 1.165) is 17.8 Å². The zero-order valence-electron chi connectivity index (χ0n) is 23.5. The maximum absolute atomic E-state index is 13.4. The van der Waals surface area contributed by atoms with Gasteiger partial charge in [-0.1, -0.05) is 20.3 Å². The molecule has 5 rings (SSSR count). The van der Waals surface area contributed by atoms with Crippen molar-refractivity contribution in [1.29, 1.82) is 0 Å². The molecule has 1 saturated heterocycles. The monoisotopic (exact) mass is 614 g/mol. The Labute approximate surface area is 248 Å². The van der Waals surface area contributed by atoms with Gasteiger partial charge in [0.05, 0.1) is 12.1 Å². The van der Waals surface area contributed by atoms with Crippen LogP contribution in [0.2, 0.25) is 0 Å². The molecule has 1 fully saturated rings. The number of hydrogen-bond acceptors (Lipinski definition) is 11. The number of urea groups is 1. The summed E-state index contributed by atoms with van der Waals surface area (Å²) < 4.78 is 5.74. The number of rotatable bonds is 4. The van der Waals surface area contributed by atoms with E-state index in [2.05, 4.69) is 36.2 Å². The molecule has 5 atom stereocenters. The minimum atomic E-state index is -0.861. The second kappa shape index (κ2) is 11.6. The Morgan fingerprint density at radius 2 is 1.60 bits per heavy atom. The fraction of sp³-hybridized carbons (Fsp3) is 0.462. The first kappa shape index (κ1) is 29.3. The summed E-state index contributed by atoms with van der Waals surface area (Å²) in [5.41, 5.74) is 0.288. The topological polar surface area (TPSA) is 189 Å². The first-order valence-electron chi connectivity index (χ1n) is 13.3. The molecule has 0 radical (unpaired) electrons. The van der Waals surface area contributed by atoms with Crippen LogP contribution in [0.4, 0.5) is 4.79 Å². The van der Waals surface area contributed by atoms with Crippen molar-refractivity contribution in [2.75, 3.05) is 7.05 Å². The van der Waals surface area contributed by atoms with Crippen LogP contribution in [-0.2, 0) is 4.79 Å². The Bertz CT molecular complexity index is 1560. The molecule has 3 aromatic heterocycles. The minimum Gasteiger partial charge on any atom is -0.443 e. The average Bonchev–Trinajstić information content (AvgIpc) is 3.75. The molecule has 42 heavy (non-hydrogen) atoms. The number of aryl methyl sites for hydroxylation is 1. The van der Waals surface area contributed by atoms with Crippen molar-refractivity contribution in [2.24, 2.45) is 5.92 Å². The quantitative estimate of drug-likeness (QED) is 0.320. The van der Waals surface area contributed by atoms with Crippen molar-refractivity contribution < 1.29 is 28.4 Å². The standard InChI is InChI=1S/C26H30N8O6S2/c1-6-10(2)17-25-30-15(9-42-25)20(36)28-13(7-16-21(37)33-26(39)34(16)5)24-29-14(8-41-24)19(35)27-11(3)23-32-18(12(4)40-23)22(38)31-17/h8-11,13,16-17H,6-7H2,1-5H3,(H,27,35)(H,28,36)(H,31,38)(H,33,37,39)/t10-,11-,13+,16-,17-/m0/s1. The molecule has 3 aromatic rings. The number of oxazole rings is 1. The normalized spacial score (nSPS) is 23.9. The number of fused-ring (bicyclic) bond motifs is 6. The molecule has 0 saturated carbocycles. The number of likely N-dealkylation sites (N-methyl/N-ethyl adjacent to an activating group) is 1. The molecular weight excluding hydrogens is 584 g/mol. The van der Waals surface area contributed by atoms with Gasteiger partial charge >= 0.3 is 6.03 Å². The average molecular weight is 615 g/mol. The van der Waals surface area contributed by atoms with E-state index >= 15 is 0 Å². The molecule has 2 aliphatic rings. The molecule has 0 aliphatic carbocycles. The second-order valence-electron chi connectivity index (χ2n) is 10.3. The lowest BCUT2D eigenvalue weighted by Gasteiger charge is -2.23. The summed E-state index contributed by atoms with van der Waals surface area (Å²) in [6, 6.07) is -3.43. The molecule has 14 nitrogen and oxygen atoms in total. The van der Waals surface area contributed by atoms with Gasteiger partial charge in [0, 0.05) is 24.2 Å². The van der Waals surface area contributed by atoms with Crippen molar-refractivity contribution in [2.45, 2.75) is 64.7 Å². The SMILES string of the molecule is CC[C@H](C)[C@@H]1NC(=O)c2nc(oc2C)[C@H](C)NC(=O)c2csc(n2)[C@@H](C[C@H]2C(=O)NC(=O)N2C)NC(=O)c2csc1n2. The van der Waals surface area contributed by atoms with Crippen LogP contribution < -0.4 is 21.3 Å². The summed E-state index contributed by atoms with van der Waals surface area (Å²) in [4.78, 5) is 79.0. The second-order valence-corrected chi connectivity index (χ2v) is 12.1. The highest BCUT2D eigenvalue weighted by molar-refractivity contribution is 7.10. The summed E-state index contributed by atoms with van der Waals surface area (Å²) in [6.45, 7) is 7.25. The Morgan fingerprint density at radius 3 is 2.24 bits per heavy atom. The highest BCUT2D eigenvalue weighted by Gasteiger charge is 2.39. The molecular formula is C26H30N8O6S2. The summed E-state index contributed by atoms with van der Waals surface area (Å²) in [5, 5.41) is 15.0. The van der Waals surface area contributed by atoms with Gasteiger partial charge in [-0.25, -0.2) is 19.7 Å². The van der Waals surface area contributed by atoms with Gasteiger partial charge in [0.15, 0.2) is 5.69 Å². The van der Waals surface area contributed by atoms with Crippen LogP contribution in [0.3, 0.4) is 0 Å². The molecule has 16 heteroatoms. The lowest BCUT2D eigenvalue weighted by Crippen LogP contribution is -2.38. The van der Waals surface area contributed by atoms with Crippen molar-refractivity contribution in [3.05, 3.63) is 49.5 Å². The molecule has 2 aliphatic heterocycles. The molecule has 6 bridgehead atoms. The molecule has 222 valence electrons. The number of imide groups is 1. The van der Waals surface area contributed by atoms with Crippen LogP contribution in [0.15, 0.2) is 15.2 Å². The zero-order chi connectivity index (χ0) is 30.3. The number of aromatic nitrogens is 3. The van der Waals surface area contributed by atoms with Crippen LogP contribution in [0.25, 0.3) is 0 Å². The van der Waals surface area contributed by atoms with E-state index in [1.807, 2.05) is 13.8 Å². The number of thiazole rings is 2. The van der Waals surface area contributed by atoms with Gasteiger partial charge in [-0.3, -0.25) is 24.5 Å². The van der Waals surface area contributed by atoms with E-state index < -0.39 is 53.8 Å². The molecule has 0 aromatic carbocycles.